The van der Waals surface area contributed by atoms with Crippen LogP contribution in [0.4, 0.5) is 13.2 Å². The number of pyridine rings is 1. The maximum Gasteiger partial charge on any atom is 0.418 e. The van der Waals surface area contributed by atoms with Crippen LogP contribution >= 0.6 is 0 Å². The molecule has 2 rings (SSSR count). The summed E-state index contributed by atoms with van der Waals surface area (Å²) in [5, 5.41) is 13.0. The summed E-state index contributed by atoms with van der Waals surface area (Å²) >= 11 is 0. The number of nitrogens with zero attached hydrogens (tertiary/aromatic N) is 3. The predicted octanol–water partition coefficient (Wildman–Crippen LogP) is 2.08. The molecule has 2 heterocycles. The third-order valence-electron chi connectivity index (χ3n) is 2.41. The summed E-state index contributed by atoms with van der Waals surface area (Å²) in [7, 11) is 1.73. The number of halogens is 3. The average Bonchev–Trinajstić information content (AvgIpc) is 2.74. The number of hydrogen-bond acceptors (Lipinski definition) is 3. The molecular formula is C11H10F3N3O. The van der Waals surface area contributed by atoms with Crippen LogP contribution in [0.3, 0.4) is 0 Å². The van der Waals surface area contributed by atoms with Crippen molar-refractivity contribution < 1.29 is 18.3 Å². The van der Waals surface area contributed by atoms with Crippen molar-refractivity contribution in [1.82, 2.24) is 14.8 Å². The third kappa shape index (κ3) is 2.51. The van der Waals surface area contributed by atoms with Gasteiger partial charge in [-0.05, 0) is 6.07 Å². The van der Waals surface area contributed by atoms with Gasteiger partial charge in [-0.3, -0.25) is 9.67 Å². The van der Waals surface area contributed by atoms with Gasteiger partial charge in [0, 0.05) is 30.6 Å². The lowest BCUT2D eigenvalue weighted by Crippen LogP contribution is -2.20. The molecule has 0 spiro atoms. The Morgan fingerprint density at radius 1 is 1.28 bits per heavy atom. The molecule has 18 heavy (non-hydrogen) atoms. The molecule has 0 saturated carbocycles. The molecule has 0 aliphatic heterocycles. The van der Waals surface area contributed by atoms with Crippen LogP contribution in [-0.4, -0.2) is 26.0 Å². The zero-order valence-corrected chi connectivity index (χ0v) is 9.39. The molecule has 0 fully saturated rings. The predicted molar refractivity (Wildman–Crippen MR) is 57.5 cm³/mol. The van der Waals surface area contributed by atoms with E-state index < -0.39 is 12.3 Å². The van der Waals surface area contributed by atoms with Crippen LogP contribution in [0.5, 0.6) is 0 Å². The molecule has 1 atom stereocenters. The van der Waals surface area contributed by atoms with Crippen LogP contribution < -0.4 is 0 Å². The van der Waals surface area contributed by atoms with Gasteiger partial charge in [-0.15, -0.1) is 0 Å². The summed E-state index contributed by atoms with van der Waals surface area (Å²) in [5.41, 5.74) is 0.918. The van der Waals surface area contributed by atoms with Crippen LogP contribution in [0.1, 0.15) is 11.7 Å². The minimum Gasteiger partial charge on any atom is -0.379 e. The summed E-state index contributed by atoms with van der Waals surface area (Å²) in [6.45, 7) is 0. The number of rotatable bonds is 2. The SMILES string of the molecule is Cn1cc(-c2ccc(C(O)C(F)(F)F)cn2)cn1. The molecule has 0 aliphatic carbocycles. The Balaban J connectivity index is 2.25. The number of aryl methyl sites for hydroxylation is 1. The Bertz CT molecular complexity index is 533. The topological polar surface area (TPSA) is 50.9 Å². The maximum atomic E-state index is 12.3. The highest BCUT2D eigenvalue weighted by atomic mass is 19.4. The number of aliphatic hydroxyl groups is 1. The highest BCUT2D eigenvalue weighted by molar-refractivity contribution is 5.56. The highest BCUT2D eigenvalue weighted by Gasteiger charge is 2.39. The van der Waals surface area contributed by atoms with E-state index in [-0.39, 0.29) is 5.56 Å². The Kier molecular flexibility index (Phi) is 3.08. The van der Waals surface area contributed by atoms with E-state index >= 15 is 0 Å². The molecule has 1 unspecified atom stereocenters. The molecule has 96 valence electrons. The minimum absolute atomic E-state index is 0.282. The first-order valence-corrected chi connectivity index (χ1v) is 5.07. The number of aliphatic hydroxyl groups excluding tert-OH is 1. The van der Waals surface area contributed by atoms with E-state index in [4.69, 9.17) is 5.11 Å². The fourth-order valence-corrected chi connectivity index (χ4v) is 1.48. The van der Waals surface area contributed by atoms with Crippen molar-refractivity contribution in [3.63, 3.8) is 0 Å². The van der Waals surface area contributed by atoms with Crippen molar-refractivity contribution in [3.05, 3.63) is 36.3 Å². The maximum absolute atomic E-state index is 12.3. The first-order chi connectivity index (χ1) is 8.38. The monoisotopic (exact) mass is 257 g/mol. The molecule has 2 aromatic heterocycles. The molecule has 0 amide bonds. The molecule has 0 aromatic carbocycles. The molecule has 0 saturated heterocycles. The molecular weight excluding hydrogens is 247 g/mol. The molecule has 1 N–H and O–H groups in total. The normalized spacial score (nSPS) is 13.6. The summed E-state index contributed by atoms with van der Waals surface area (Å²) in [5.74, 6) is 0. The zero-order chi connectivity index (χ0) is 13.3. The van der Waals surface area contributed by atoms with E-state index in [0.717, 1.165) is 6.20 Å². The van der Waals surface area contributed by atoms with Crippen molar-refractivity contribution in [1.29, 1.82) is 0 Å². The van der Waals surface area contributed by atoms with Gasteiger partial charge in [-0.25, -0.2) is 0 Å². The van der Waals surface area contributed by atoms with Crippen LogP contribution in [0.25, 0.3) is 11.3 Å². The first-order valence-electron chi connectivity index (χ1n) is 5.07. The van der Waals surface area contributed by atoms with Crippen LogP contribution in [0.15, 0.2) is 30.7 Å². The van der Waals surface area contributed by atoms with Crippen LogP contribution in [0, 0.1) is 0 Å². The Labute approximate surface area is 101 Å². The minimum atomic E-state index is -4.68. The Morgan fingerprint density at radius 3 is 2.44 bits per heavy atom. The van der Waals surface area contributed by atoms with Crippen LogP contribution in [0.2, 0.25) is 0 Å². The zero-order valence-electron chi connectivity index (χ0n) is 9.39. The second-order valence-corrected chi connectivity index (χ2v) is 3.82. The lowest BCUT2D eigenvalue weighted by molar-refractivity contribution is -0.206. The number of hydrogen-bond donors (Lipinski definition) is 1. The van der Waals surface area contributed by atoms with Gasteiger partial charge in [0.15, 0.2) is 6.10 Å². The van der Waals surface area contributed by atoms with Gasteiger partial charge in [-0.1, -0.05) is 6.07 Å². The van der Waals surface area contributed by atoms with Gasteiger partial charge in [0.2, 0.25) is 0 Å². The largest absolute Gasteiger partial charge is 0.418 e. The van der Waals surface area contributed by atoms with Crippen molar-refractivity contribution in [3.8, 4) is 11.3 Å². The smallest absolute Gasteiger partial charge is 0.379 e. The fraction of sp³-hybridized carbons (Fsp3) is 0.273. The lowest BCUT2D eigenvalue weighted by Gasteiger charge is -2.14. The molecule has 0 radical (unpaired) electrons. The standard InChI is InChI=1S/C11H10F3N3O/c1-17-6-8(5-16-17)9-3-2-7(4-15-9)10(18)11(12,13)14/h2-6,10,18H,1H3. The van der Waals surface area contributed by atoms with Gasteiger partial charge >= 0.3 is 6.18 Å². The summed E-state index contributed by atoms with van der Waals surface area (Å²) < 4.78 is 38.4. The summed E-state index contributed by atoms with van der Waals surface area (Å²) in [6, 6.07) is 2.62. The van der Waals surface area contributed by atoms with Crippen molar-refractivity contribution in [2.45, 2.75) is 12.3 Å². The van der Waals surface area contributed by atoms with E-state index in [1.54, 1.807) is 24.1 Å². The van der Waals surface area contributed by atoms with E-state index in [2.05, 4.69) is 10.1 Å². The quantitative estimate of drug-likeness (QED) is 0.896. The first kappa shape index (κ1) is 12.6. The van der Waals surface area contributed by atoms with E-state index in [1.165, 1.54) is 12.1 Å². The number of alkyl halides is 3. The van der Waals surface area contributed by atoms with E-state index in [0.29, 0.717) is 11.3 Å². The molecule has 7 heteroatoms. The van der Waals surface area contributed by atoms with E-state index in [9.17, 15) is 13.2 Å². The van der Waals surface area contributed by atoms with Gasteiger partial charge in [0.05, 0.1) is 11.9 Å². The van der Waals surface area contributed by atoms with Crippen molar-refractivity contribution in [2.24, 2.45) is 7.05 Å². The van der Waals surface area contributed by atoms with Gasteiger partial charge in [-0.2, -0.15) is 18.3 Å². The van der Waals surface area contributed by atoms with Gasteiger partial charge < -0.3 is 5.11 Å². The van der Waals surface area contributed by atoms with Crippen molar-refractivity contribution in [2.75, 3.05) is 0 Å². The molecule has 0 aliphatic rings. The van der Waals surface area contributed by atoms with Gasteiger partial charge in [0.1, 0.15) is 0 Å². The summed E-state index contributed by atoms with van der Waals surface area (Å²) in [4.78, 5) is 3.88. The Hall–Kier alpha value is -1.89. The van der Waals surface area contributed by atoms with Gasteiger partial charge in [0.25, 0.3) is 0 Å². The van der Waals surface area contributed by atoms with Crippen LogP contribution in [-0.2, 0) is 7.05 Å². The van der Waals surface area contributed by atoms with Crippen molar-refractivity contribution >= 4 is 0 Å². The fourth-order valence-electron chi connectivity index (χ4n) is 1.48. The number of aromatic nitrogens is 3. The summed E-state index contributed by atoms with van der Waals surface area (Å²) in [6.07, 6.45) is -2.92. The molecule has 4 nitrogen and oxygen atoms in total. The lowest BCUT2D eigenvalue weighted by atomic mass is 10.1. The second kappa shape index (κ2) is 4.41. The van der Waals surface area contributed by atoms with E-state index in [1.807, 2.05) is 0 Å². The average molecular weight is 257 g/mol. The second-order valence-electron chi connectivity index (χ2n) is 3.82. The molecule has 0 bridgehead atoms. The Morgan fingerprint density at radius 2 is 2.00 bits per heavy atom. The highest BCUT2D eigenvalue weighted by Crippen LogP contribution is 2.32. The molecule has 2 aromatic rings. The third-order valence-corrected chi connectivity index (χ3v) is 2.41.